The fourth-order valence-corrected chi connectivity index (χ4v) is 3.18. The Balaban J connectivity index is 2.36. The Hall–Kier alpha value is -1.84. The van der Waals surface area contributed by atoms with Crippen molar-refractivity contribution in [3.63, 3.8) is 0 Å². The van der Waals surface area contributed by atoms with Crippen LogP contribution >= 0.6 is 0 Å². The second-order valence-electron chi connectivity index (χ2n) is 5.44. The van der Waals surface area contributed by atoms with E-state index in [1.165, 1.54) is 6.42 Å². The zero-order valence-corrected chi connectivity index (χ0v) is 12.6. The molecule has 114 valence electrons. The van der Waals surface area contributed by atoms with Gasteiger partial charge in [0.2, 0.25) is 0 Å². The normalized spacial score (nSPS) is 24.1. The van der Waals surface area contributed by atoms with Gasteiger partial charge in [0.25, 0.3) is 0 Å². The Morgan fingerprint density at radius 1 is 1.43 bits per heavy atom. The van der Waals surface area contributed by atoms with E-state index in [4.69, 9.17) is 9.57 Å². The maximum atomic E-state index is 12.5. The van der Waals surface area contributed by atoms with Gasteiger partial charge in [0.05, 0.1) is 6.61 Å². The summed E-state index contributed by atoms with van der Waals surface area (Å²) in [6.45, 7) is 9.65. The molecule has 0 amide bonds. The van der Waals surface area contributed by atoms with Gasteiger partial charge in [-0.2, -0.15) is 0 Å². The first-order valence-electron chi connectivity index (χ1n) is 7.56. The first-order valence-corrected chi connectivity index (χ1v) is 7.56. The number of nitrogens with zero attached hydrogens (tertiary/aromatic N) is 1. The van der Waals surface area contributed by atoms with Gasteiger partial charge in [-0.15, -0.1) is 0 Å². The number of ether oxygens (including phenoxy) is 1. The van der Waals surface area contributed by atoms with E-state index in [2.05, 4.69) is 18.3 Å². The SMILES string of the molecule is C=CC=C(C=C)C1=NOC2(CCCCC2)C1C(=O)OCC. The summed E-state index contributed by atoms with van der Waals surface area (Å²) in [6.07, 6.45) is 10.1. The van der Waals surface area contributed by atoms with Crippen LogP contribution in [0.2, 0.25) is 0 Å². The highest BCUT2D eigenvalue weighted by Crippen LogP contribution is 2.44. The van der Waals surface area contributed by atoms with E-state index in [1.54, 1.807) is 18.2 Å². The van der Waals surface area contributed by atoms with Crippen LogP contribution in [0, 0.1) is 5.92 Å². The number of oxime groups is 1. The number of rotatable bonds is 5. The lowest BCUT2D eigenvalue weighted by Gasteiger charge is -2.35. The van der Waals surface area contributed by atoms with Crippen LogP contribution in [-0.4, -0.2) is 23.9 Å². The van der Waals surface area contributed by atoms with Crippen LogP contribution < -0.4 is 0 Å². The summed E-state index contributed by atoms with van der Waals surface area (Å²) in [6, 6.07) is 0. The molecule has 0 aromatic carbocycles. The molecule has 0 aromatic rings. The van der Waals surface area contributed by atoms with E-state index in [9.17, 15) is 4.79 Å². The van der Waals surface area contributed by atoms with Gasteiger partial charge < -0.3 is 9.57 Å². The maximum absolute atomic E-state index is 12.5. The third-order valence-corrected chi connectivity index (χ3v) is 4.16. The highest BCUT2D eigenvalue weighted by molar-refractivity contribution is 6.14. The largest absolute Gasteiger partial charge is 0.465 e. The van der Waals surface area contributed by atoms with E-state index in [-0.39, 0.29) is 5.97 Å². The second-order valence-corrected chi connectivity index (χ2v) is 5.44. The summed E-state index contributed by atoms with van der Waals surface area (Å²) in [5.74, 6) is -0.727. The fraction of sp³-hybridized carbons (Fsp3) is 0.529. The van der Waals surface area contributed by atoms with E-state index < -0.39 is 11.5 Å². The van der Waals surface area contributed by atoms with Crippen LogP contribution in [0.25, 0.3) is 0 Å². The molecule has 1 fully saturated rings. The Bertz CT molecular complexity index is 484. The minimum absolute atomic E-state index is 0.257. The molecule has 4 heteroatoms. The molecular weight excluding hydrogens is 266 g/mol. The Morgan fingerprint density at radius 3 is 2.71 bits per heavy atom. The van der Waals surface area contributed by atoms with Gasteiger partial charge in [0.15, 0.2) is 5.60 Å². The lowest BCUT2D eigenvalue weighted by molar-refractivity contribution is -0.157. The standard InChI is InChI=1S/C17H23NO3/c1-4-10-13(5-2)15-14(16(19)20-6-3)17(21-18-15)11-8-7-9-12-17/h4-5,10,14H,1-2,6-9,11-12H2,3H3. The van der Waals surface area contributed by atoms with Gasteiger partial charge in [-0.1, -0.05) is 43.0 Å². The molecule has 1 unspecified atom stereocenters. The highest BCUT2D eigenvalue weighted by atomic mass is 16.7. The molecule has 0 radical (unpaired) electrons. The van der Waals surface area contributed by atoms with Crippen LogP contribution in [0.3, 0.4) is 0 Å². The summed E-state index contributed by atoms with van der Waals surface area (Å²) < 4.78 is 5.27. The van der Waals surface area contributed by atoms with Gasteiger partial charge in [0.1, 0.15) is 11.6 Å². The lowest BCUT2D eigenvalue weighted by atomic mass is 9.73. The van der Waals surface area contributed by atoms with Crippen molar-refractivity contribution in [1.82, 2.24) is 0 Å². The molecule has 1 saturated carbocycles. The summed E-state index contributed by atoms with van der Waals surface area (Å²) in [7, 11) is 0. The number of allylic oxidation sites excluding steroid dienone is 4. The summed E-state index contributed by atoms with van der Waals surface area (Å²) in [5.41, 5.74) is 0.846. The zero-order valence-electron chi connectivity index (χ0n) is 12.6. The summed E-state index contributed by atoms with van der Waals surface area (Å²) in [4.78, 5) is 18.3. The van der Waals surface area contributed by atoms with Gasteiger partial charge in [0, 0.05) is 0 Å². The third-order valence-electron chi connectivity index (χ3n) is 4.16. The molecule has 1 heterocycles. The molecule has 0 N–H and O–H groups in total. The van der Waals surface area contributed by atoms with E-state index >= 15 is 0 Å². The number of carbonyl (C=O) groups excluding carboxylic acids is 1. The van der Waals surface area contributed by atoms with E-state index in [0.717, 1.165) is 31.3 Å². The number of hydrogen-bond donors (Lipinski definition) is 0. The molecule has 4 nitrogen and oxygen atoms in total. The molecule has 0 saturated heterocycles. The monoisotopic (exact) mass is 289 g/mol. The maximum Gasteiger partial charge on any atom is 0.319 e. The van der Waals surface area contributed by atoms with Crippen molar-refractivity contribution < 1.29 is 14.4 Å². The zero-order chi connectivity index (χ0) is 15.3. The van der Waals surface area contributed by atoms with Gasteiger partial charge in [-0.05, 0) is 38.2 Å². The van der Waals surface area contributed by atoms with Crippen molar-refractivity contribution in [2.75, 3.05) is 6.61 Å². The van der Waals surface area contributed by atoms with Crippen LogP contribution in [0.5, 0.6) is 0 Å². The molecule has 1 aliphatic heterocycles. The highest BCUT2D eigenvalue weighted by Gasteiger charge is 2.54. The smallest absolute Gasteiger partial charge is 0.319 e. The molecule has 2 aliphatic rings. The van der Waals surface area contributed by atoms with Gasteiger partial charge in [-0.25, -0.2) is 0 Å². The van der Waals surface area contributed by atoms with Crippen LogP contribution in [0.15, 0.2) is 42.1 Å². The minimum Gasteiger partial charge on any atom is -0.465 e. The van der Waals surface area contributed by atoms with Crippen molar-refractivity contribution >= 4 is 11.7 Å². The summed E-state index contributed by atoms with van der Waals surface area (Å²) >= 11 is 0. The van der Waals surface area contributed by atoms with Crippen molar-refractivity contribution in [1.29, 1.82) is 0 Å². The predicted octanol–water partition coefficient (Wildman–Crippen LogP) is 3.55. The van der Waals surface area contributed by atoms with Crippen LogP contribution in [-0.2, 0) is 14.4 Å². The topological polar surface area (TPSA) is 47.9 Å². The molecule has 1 atom stereocenters. The summed E-state index contributed by atoms with van der Waals surface area (Å²) in [5, 5.41) is 4.22. The molecule has 1 aliphatic carbocycles. The second kappa shape index (κ2) is 6.74. The first kappa shape index (κ1) is 15.5. The van der Waals surface area contributed by atoms with E-state index in [0.29, 0.717) is 12.3 Å². The average Bonchev–Trinajstić information content (AvgIpc) is 2.84. The predicted molar refractivity (Wildman–Crippen MR) is 82.9 cm³/mol. The molecule has 21 heavy (non-hydrogen) atoms. The molecular formula is C17H23NO3. The van der Waals surface area contributed by atoms with Gasteiger partial charge in [-0.3, -0.25) is 4.79 Å². The number of carbonyl (C=O) groups is 1. The minimum atomic E-state index is -0.539. The quantitative estimate of drug-likeness (QED) is 0.574. The van der Waals surface area contributed by atoms with Crippen LogP contribution in [0.1, 0.15) is 39.0 Å². The third kappa shape index (κ3) is 2.94. The molecule has 0 bridgehead atoms. The molecule has 1 spiro atoms. The van der Waals surface area contributed by atoms with Crippen molar-refractivity contribution in [3.8, 4) is 0 Å². The average molecular weight is 289 g/mol. The Kier molecular flexibility index (Phi) is 4.99. The Morgan fingerprint density at radius 2 is 2.14 bits per heavy atom. The van der Waals surface area contributed by atoms with Gasteiger partial charge >= 0.3 is 5.97 Å². The Labute approximate surface area is 126 Å². The fourth-order valence-electron chi connectivity index (χ4n) is 3.18. The molecule has 0 aromatic heterocycles. The van der Waals surface area contributed by atoms with Crippen molar-refractivity contribution in [2.24, 2.45) is 11.1 Å². The van der Waals surface area contributed by atoms with E-state index in [1.807, 2.05) is 6.92 Å². The number of hydrogen-bond acceptors (Lipinski definition) is 4. The number of esters is 1. The molecule has 2 rings (SSSR count). The van der Waals surface area contributed by atoms with Crippen molar-refractivity contribution in [3.05, 3.63) is 37.0 Å². The van der Waals surface area contributed by atoms with Crippen molar-refractivity contribution in [2.45, 2.75) is 44.6 Å². The van der Waals surface area contributed by atoms with Crippen LogP contribution in [0.4, 0.5) is 0 Å². The lowest BCUT2D eigenvalue weighted by Crippen LogP contribution is -2.46. The first-order chi connectivity index (χ1) is 10.2.